The first-order chi connectivity index (χ1) is 28.7. The highest BCUT2D eigenvalue weighted by molar-refractivity contribution is 6.23. The van der Waals surface area contributed by atoms with E-state index in [9.17, 15) is 0 Å². The van der Waals surface area contributed by atoms with Crippen LogP contribution in [0.15, 0.2) is 200 Å². The van der Waals surface area contributed by atoms with E-state index in [0.717, 1.165) is 55.5 Å². The van der Waals surface area contributed by atoms with Gasteiger partial charge in [0.2, 0.25) is 0 Å². The first-order valence-corrected chi connectivity index (χ1v) is 19.6. The average Bonchev–Trinajstić information content (AvgIpc) is 3.81. The van der Waals surface area contributed by atoms with Crippen LogP contribution in [0.25, 0.3) is 111 Å². The van der Waals surface area contributed by atoms with Crippen LogP contribution >= 0.6 is 0 Å². The molecule has 58 heavy (non-hydrogen) atoms. The number of para-hydroxylation sites is 2. The van der Waals surface area contributed by atoms with E-state index in [0.29, 0.717) is 17.5 Å². The summed E-state index contributed by atoms with van der Waals surface area (Å²) in [6, 6.07) is 70.9. The van der Waals surface area contributed by atoms with Crippen LogP contribution in [-0.2, 0) is 0 Å². The Kier molecular flexibility index (Phi) is 7.16. The number of aromatic nitrogens is 5. The van der Waals surface area contributed by atoms with Gasteiger partial charge in [0, 0.05) is 49.6 Å². The SMILES string of the molecule is c1ccc(-c2nc(-c3cccc(-n4c5cc6ccccc6cc5c5c6ccccc6ccc54)c3)nc(-c3ccc4c(c3)c3ccccc3n4-c3ccccc3)n2)cc1. The minimum atomic E-state index is 0.620. The third kappa shape index (κ3) is 5.07. The molecule has 0 fully saturated rings. The second-order valence-corrected chi connectivity index (χ2v) is 14.9. The average molecular weight is 740 g/mol. The van der Waals surface area contributed by atoms with Gasteiger partial charge in [-0.1, -0.05) is 133 Å². The Morgan fingerprint density at radius 1 is 0.276 bits per heavy atom. The maximum atomic E-state index is 5.24. The second kappa shape index (κ2) is 12.8. The summed E-state index contributed by atoms with van der Waals surface area (Å²) in [5.41, 5.74) is 9.56. The van der Waals surface area contributed by atoms with Gasteiger partial charge in [-0.2, -0.15) is 0 Å². The van der Waals surface area contributed by atoms with Gasteiger partial charge in [-0.3, -0.25) is 0 Å². The molecule has 0 unspecified atom stereocenters. The molecular weight excluding hydrogens is 707 g/mol. The van der Waals surface area contributed by atoms with Crippen LogP contribution < -0.4 is 0 Å². The largest absolute Gasteiger partial charge is 0.309 e. The lowest BCUT2D eigenvalue weighted by atomic mass is 10.0. The van der Waals surface area contributed by atoms with E-state index in [1.165, 1.54) is 37.7 Å². The van der Waals surface area contributed by atoms with Crippen LogP contribution in [0, 0.1) is 0 Å². The molecule has 0 aliphatic heterocycles. The van der Waals surface area contributed by atoms with Crippen molar-refractivity contribution >= 4 is 65.2 Å². The first-order valence-electron chi connectivity index (χ1n) is 19.6. The van der Waals surface area contributed by atoms with E-state index in [2.05, 4.69) is 191 Å². The number of hydrogen-bond acceptors (Lipinski definition) is 3. The highest BCUT2D eigenvalue weighted by Crippen LogP contribution is 2.40. The van der Waals surface area contributed by atoms with E-state index < -0.39 is 0 Å². The van der Waals surface area contributed by atoms with Crippen molar-refractivity contribution in [2.75, 3.05) is 0 Å². The van der Waals surface area contributed by atoms with Gasteiger partial charge < -0.3 is 9.13 Å². The fourth-order valence-electron chi connectivity index (χ4n) is 8.85. The molecule has 5 nitrogen and oxygen atoms in total. The van der Waals surface area contributed by atoms with E-state index in [1.54, 1.807) is 0 Å². The van der Waals surface area contributed by atoms with E-state index >= 15 is 0 Å². The molecule has 3 heterocycles. The van der Waals surface area contributed by atoms with Crippen molar-refractivity contribution in [2.45, 2.75) is 0 Å². The first kappa shape index (κ1) is 32.4. The molecule has 3 aromatic heterocycles. The van der Waals surface area contributed by atoms with Gasteiger partial charge in [-0.05, 0) is 88.3 Å². The maximum Gasteiger partial charge on any atom is 0.164 e. The predicted molar refractivity (Wildman–Crippen MR) is 240 cm³/mol. The monoisotopic (exact) mass is 739 g/mol. The van der Waals surface area contributed by atoms with Crippen molar-refractivity contribution in [3.63, 3.8) is 0 Å². The van der Waals surface area contributed by atoms with Gasteiger partial charge in [-0.15, -0.1) is 0 Å². The quantitative estimate of drug-likeness (QED) is 0.177. The minimum Gasteiger partial charge on any atom is -0.309 e. The number of nitrogens with zero attached hydrogens (tertiary/aromatic N) is 5. The Bertz CT molecular complexity index is 3560. The summed E-state index contributed by atoms with van der Waals surface area (Å²) >= 11 is 0. The van der Waals surface area contributed by atoms with E-state index in [1.807, 2.05) is 18.2 Å². The highest BCUT2D eigenvalue weighted by atomic mass is 15.0. The Balaban J connectivity index is 1.07. The Hall–Kier alpha value is -7.89. The standard InChI is InChI=1S/C53H33N5/c1-3-15-35(16-4-1)51-54-52(56-53(55-51)39-27-28-47-44(32-39)43-24-11-12-25-46(43)57(47)40-20-5-2-6-21-40)38-19-13-22-41(30-38)58-48-29-26-34-14-9-10-23-42(34)50(48)45-31-36-17-7-8-18-37(36)33-49(45)58/h1-33H. The third-order valence-electron chi connectivity index (χ3n) is 11.5. The van der Waals surface area contributed by atoms with E-state index in [4.69, 9.17) is 15.0 Å². The molecule has 0 saturated carbocycles. The van der Waals surface area contributed by atoms with Gasteiger partial charge in [0.05, 0.1) is 22.1 Å². The van der Waals surface area contributed by atoms with Gasteiger partial charge in [0.1, 0.15) is 0 Å². The second-order valence-electron chi connectivity index (χ2n) is 14.9. The van der Waals surface area contributed by atoms with Crippen molar-refractivity contribution in [3.8, 4) is 45.5 Å². The van der Waals surface area contributed by atoms with Gasteiger partial charge in [0.25, 0.3) is 0 Å². The minimum absolute atomic E-state index is 0.620. The van der Waals surface area contributed by atoms with Crippen LogP contribution in [0.5, 0.6) is 0 Å². The zero-order valence-corrected chi connectivity index (χ0v) is 31.3. The summed E-state index contributed by atoms with van der Waals surface area (Å²) in [5, 5.41) is 9.71. The van der Waals surface area contributed by atoms with Crippen molar-refractivity contribution < 1.29 is 0 Å². The zero-order valence-electron chi connectivity index (χ0n) is 31.3. The molecule has 12 aromatic rings. The molecule has 0 N–H and O–H groups in total. The van der Waals surface area contributed by atoms with Crippen molar-refractivity contribution in [1.82, 2.24) is 24.1 Å². The molecule has 5 heteroatoms. The summed E-state index contributed by atoms with van der Waals surface area (Å²) in [6.07, 6.45) is 0. The molecule has 0 saturated heterocycles. The summed E-state index contributed by atoms with van der Waals surface area (Å²) in [5.74, 6) is 1.88. The van der Waals surface area contributed by atoms with Crippen LogP contribution in [0.1, 0.15) is 0 Å². The van der Waals surface area contributed by atoms with Crippen LogP contribution in [0.4, 0.5) is 0 Å². The summed E-state index contributed by atoms with van der Waals surface area (Å²) in [4.78, 5) is 15.5. The highest BCUT2D eigenvalue weighted by Gasteiger charge is 2.19. The molecule has 0 radical (unpaired) electrons. The van der Waals surface area contributed by atoms with Crippen LogP contribution in [-0.4, -0.2) is 24.1 Å². The van der Waals surface area contributed by atoms with Gasteiger partial charge in [0.15, 0.2) is 17.5 Å². The number of hydrogen-bond donors (Lipinski definition) is 0. The lowest BCUT2D eigenvalue weighted by molar-refractivity contribution is 1.07. The molecule has 0 amide bonds. The van der Waals surface area contributed by atoms with Gasteiger partial charge in [-0.25, -0.2) is 15.0 Å². The van der Waals surface area contributed by atoms with Crippen molar-refractivity contribution in [1.29, 1.82) is 0 Å². The molecule has 0 spiro atoms. The number of fused-ring (bicyclic) bond motifs is 9. The van der Waals surface area contributed by atoms with Crippen LogP contribution in [0.2, 0.25) is 0 Å². The number of benzene rings is 9. The number of rotatable bonds is 5. The lowest BCUT2D eigenvalue weighted by Crippen LogP contribution is -2.01. The van der Waals surface area contributed by atoms with Gasteiger partial charge >= 0.3 is 0 Å². The molecule has 0 aliphatic carbocycles. The molecular formula is C53H33N5. The Morgan fingerprint density at radius 3 is 1.62 bits per heavy atom. The van der Waals surface area contributed by atoms with E-state index in [-0.39, 0.29) is 0 Å². The normalized spacial score (nSPS) is 11.8. The maximum absolute atomic E-state index is 5.24. The summed E-state index contributed by atoms with van der Waals surface area (Å²) < 4.78 is 4.72. The molecule has 9 aromatic carbocycles. The Morgan fingerprint density at radius 2 is 0.828 bits per heavy atom. The predicted octanol–water partition coefficient (Wildman–Crippen LogP) is 13.4. The smallest absolute Gasteiger partial charge is 0.164 e. The third-order valence-corrected chi connectivity index (χ3v) is 11.5. The fourth-order valence-corrected chi connectivity index (χ4v) is 8.85. The molecule has 0 aliphatic rings. The molecule has 0 atom stereocenters. The summed E-state index contributed by atoms with van der Waals surface area (Å²) in [7, 11) is 0. The fraction of sp³-hybridized carbons (Fsp3) is 0. The molecule has 12 rings (SSSR count). The Labute approximate surface area is 333 Å². The zero-order chi connectivity index (χ0) is 38.2. The van der Waals surface area contributed by atoms with Crippen molar-refractivity contribution in [2.24, 2.45) is 0 Å². The lowest BCUT2D eigenvalue weighted by Gasteiger charge is -2.12. The molecule has 0 bridgehead atoms. The van der Waals surface area contributed by atoms with Crippen LogP contribution in [0.3, 0.4) is 0 Å². The molecule has 270 valence electrons. The van der Waals surface area contributed by atoms with Crippen molar-refractivity contribution in [3.05, 3.63) is 200 Å². The topological polar surface area (TPSA) is 48.5 Å². The summed E-state index contributed by atoms with van der Waals surface area (Å²) in [6.45, 7) is 0.